The summed E-state index contributed by atoms with van der Waals surface area (Å²) in [5, 5.41) is 3.88. The summed E-state index contributed by atoms with van der Waals surface area (Å²) in [6, 6.07) is 15.1. The van der Waals surface area contributed by atoms with Crippen LogP contribution in [0.1, 0.15) is 11.3 Å². The summed E-state index contributed by atoms with van der Waals surface area (Å²) in [4.78, 5) is 33.5. The van der Waals surface area contributed by atoms with E-state index in [1.807, 2.05) is 36.4 Å². The van der Waals surface area contributed by atoms with Gasteiger partial charge in [0.1, 0.15) is 5.76 Å². The zero-order valence-electron chi connectivity index (χ0n) is 22.6. The van der Waals surface area contributed by atoms with Crippen LogP contribution in [0.25, 0.3) is 10.9 Å². The van der Waals surface area contributed by atoms with Gasteiger partial charge >= 0.3 is 0 Å². The number of hydrogen-bond donors (Lipinski definition) is 1. The molecule has 0 aliphatic carbocycles. The molecule has 0 radical (unpaired) electrons. The third kappa shape index (κ3) is 6.43. The number of thioether (sulfide) groups is 1. The summed E-state index contributed by atoms with van der Waals surface area (Å²) in [6.07, 6.45) is 2.13. The highest BCUT2D eigenvalue weighted by atomic mass is 32.2. The van der Waals surface area contributed by atoms with Gasteiger partial charge in [0.05, 0.1) is 56.9 Å². The van der Waals surface area contributed by atoms with Crippen LogP contribution in [0.5, 0.6) is 11.5 Å². The van der Waals surface area contributed by atoms with Gasteiger partial charge in [0.15, 0.2) is 16.7 Å². The number of rotatable bonds is 11. The zero-order chi connectivity index (χ0) is 27.9. The first kappa shape index (κ1) is 27.6. The smallest absolute Gasteiger partial charge is 0.262 e. The number of carbonyl (C=O) groups excluding carboxylic acids is 1. The van der Waals surface area contributed by atoms with Crippen molar-refractivity contribution in [3.05, 3.63) is 76.5 Å². The Morgan fingerprint density at radius 1 is 1.07 bits per heavy atom. The summed E-state index contributed by atoms with van der Waals surface area (Å²) >= 11 is 1.24. The van der Waals surface area contributed by atoms with E-state index in [0.29, 0.717) is 66.0 Å². The number of fused-ring (bicyclic) bond motifs is 1. The number of hydrogen-bond acceptors (Lipinski definition) is 9. The van der Waals surface area contributed by atoms with E-state index in [2.05, 4.69) is 10.2 Å². The molecule has 0 unspecified atom stereocenters. The van der Waals surface area contributed by atoms with Crippen molar-refractivity contribution < 1.29 is 23.4 Å². The molecular weight excluding hydrogens is 532 g/mol. The van der Waals surface area contributed by atoms with Crippen molar-refractivity contribution >= 4 is 34.3 Å². The fourth-order valence-corrected chi connectivity index (χ4v) is 5.43. The molecule has 0 saturated carbocycles. The minimum atomic E-state index is -0.176. The van der Waals surface area contributed by atoms with Gasteiger partial charge in [0.2, 0.25) is 5.91 Å². The van der Waals surface area contributed by atoms with Crippen molar-refractivity contribution in [2.45, 2.75) is 24.7 Å². The predicted octanol–water partition coefficient (Wildman–Crippen LogP) is 3.49. The van der Waals surface area contributed by atoms with Gasteiger partial charge in [-0.25, -0.2) is 4.98 Å². The lowest BCUT2D eigenvalue weighted by atomic mass is 10.1. The molecular formula is C29H32N4O6S. The normalized spacial score (nSPS) is 13.4. The van der Waals surface area contributed by atoms with Gasteiger partial charge in [0, 0.05) is 25.3 Å². The van der Waals surface area contributed by atoms with Crippen molar-refractivity contribution in [3.8, 4) is 11.5 Å². The van der Waals surface area contributed by atoms with Gasteiger partial charge in [-0.1, -0.05) is 17.8 Å². The fraction of sp³-hybridized carbons (Fsp3) is 0.345. The molecule has 10 nitrogen and oxygen atoms in total. The van der Waals surface area contributed by atoms with Gasteiger partial charge in [-0.3, -0.25) is 14.2 Å². The number of nitrogens with zero attached hydrogens (tertiary/aromatic N) is 3. The molecule has 1 aliphatic rings. The lowest BCUT2D eigenvalue weighted by Crippen LogP contribution is -2.36. The Balaban J connectivity index is 1.41. The van der Waals surface area contributed by atoms with E-state index in [4.69, 9.17) is 23.6 Å². The Hall–Kier alpha value is -3.96. The van der Waals surface area contributed by atoms with Gasteiger partial charge in [0.25, 0.3) is 5.56 Å². The van der Waals surface area contributed by atoms with Crippen molar-refractivity contribution in [1.82, 2.24) is 14.9 Å². The van der Waals surface area contributed by atoms with Crippen LogP contribution in [0, 0.1) is 0 Å². The largest absolute Gasteiger partial charge is 0.493 e. The van der Waals surface area contributed by atoms with Crippen molar-refractivity contribution in [3.63, 3.8) is 0 Å². The SMILES string of the molecule is COc1ccc(CCn2c(SCC(=O)NCc3ccco3)nc3ccc(N4CCOCC4)cc3c2=O)cc1OC. The third-order valence-corrected chi connectivity index (χ3v) is 7.70. The molecule has 3 heterocycles. The number of anilines is 1. The maximum atomic E-state index is 13.9. The van der Waals surface area contributed by atoms with E-state index >= 15 is 0 Å². The van der Waals surface area contributed by atoms with Crippen LogP contribution in [0.3, 0.4) is 0 Å². The quantitative estimate of drug-likeness (QED) is 0.216. The molecule has 1 fully saturated rings. The van der Waals surface area contributed by atoms with Crippen LogP contribution in [-0.4, -0.2) is 61.7 Å². The van der Waals surface area contributed by atoms with Crippen molar-refractivity contribution in [1.29, 1.82) is 0 Å². The van der Waals surface area contributed by atoms with Crippen LogP contribution < -0.4 is 25.2 Å². The summed E-state index contributed by atoms with van der Waals surface area (Å²) < 4.78 is 23.2. The van der Waals surface area contributed by atoms with Crippen LogP contribution in [0.2, 0.25) is 0 Å². The first-order valence-electron chi connectivity index (χ1n) is 13.1. The van der Waals surface area contributed by atoms with E-state index in [-0.39, 0.29) is 17.2 Å². The number of furan rings is 1. The maximum absolute atomic E-state index is 13.9. The first-order valence-corrected chi connectivity index (χ1v) is 14.0. The number of benzene rings is 2. The Kier molecular flexibility index (Phi) is 8.92. The molecule has 2 aromatic heterocycles. The highest BCUT2D eigenvalue weighted by molar-refractivity contribution is 7.99. The zero-order valence-corrected chi connectivity index (χ0v) is 23.4. The van der Waals surface area contributed by atoms with E-state index in [0.717, 1.165) is 24.3 Å². The van der Waals surface area contributed by atoms with Gasteiger partial charge in [-0.05, 0) is 54.4 Å². The van der Waals surface area contributed by atoms with E-state index < -0.39 is 0 Å². The fourth-order valence-electron chi connectivity index (χ4n) is 4.57. The molecule has 0 spiro atoms. The molecule has 5 rings (SSSR count). The van der Waals surface area contributed by atoms with Crippen LogP contribution in [-0.2, 0) is 29.0 Å². The number of aromatic nitrogens is 2. The standard InChI is InChI=1S/C29H32N4O6S/c1-36-25-8-5-20(16-26(25)37-2)9-10-33-28(35)23-17-21(32-11-14-38-15-12-32)6-7-24(23)31-29(33)40-19-27(34)30-18-22-4-3-13-39-22/h3-8,13,16-17H,9-12,14-15,18-19H2,1-2H3,(H,30,34). The lowest BCUT2D eigenvalue weighted by Gasteiger charge is -2.29. The third-order valence-electron chi connectivity index (χ3n) is 6.72. The maximum Gasteiger partial charge on any atom is 0.262 e. The molecule has 11 heteroatoms. The minimum absolute atomic E-state index is 0.112. The van der Waals surface area contributed by atoms with E-state index in [1.54, 1.807) is 37.2 Å². The average molecular weight is 565 g/mol. The molecule has 0 atom stereocenters. The van der Waals surface area contributed by atoms with Gasteiger partial charge < -0.3 is 28.8 Å². The van der Waals surface area contributed by atoms with Crippen LogP contribution in [0.15, 0.2) is 69.2 Å². The molecule has 1 N–H and O–H groups in total. The Morgan fingerprint density at radius 3 is 2.65 bits per heavy atom. The molecule has 1 amide bonds. The summed E-state index contributed by atoms with van der Waals surface area (Å²) in [5.74, 6) is 1.88. The Morgan fingerprint density at radius 2 is 1.90 bits per heavy atom. The second kappa shape index (κ2) is 12.9. The Labute approximate surface area is 236 Å². The van der Waals surface area contributed by atoms with E-state index in [9.17, 15) is 9.59 Å². The molecule has 0 bridgehead atoms. The highest BCUT2D eigenvalue weighted by Gasteiger charge is 2.17. The first-order chi connectivity index (χ1) is 19.6. The lowest BCUT2D eigenvalue weighted by molar-refractivity contribution is -0.118. The summed E-state index contributed by atoms with van der Waals surface area (Å²) in [5.41, 5.74) is 2.42. The number of carbonyl (C=O) groups is 1. The number of methoxy groups -OCH3 is 2. The summed E-state index contributed by atoms with van der Waals surface area (Å²) in [7, 11) is 3.19. The monoisotopic (exact) mass is 564 g/mol. The minimum Gasteiger partial charge on any atom is -0.493 e. The predicted molar refractivity (Wildman–Crippen MR) is 154 cm³/mol. The molecule has 4 aromatic rings. The number of morpholine rings is 1. The van der Waals surface area contributed by atoms with E-state index in [1.165, 1.54) is 11.8 Å². The van der Waals surface area contributed by atoms with Crippen LogP contribution in [0.4, 0.5) is 5.69 Å². The molecule has 210 valence electrons. The average Bonchev–Trinajstić information content (AvgIpc) is 3.52. The number of nitrogens with one attached hydrogen (secondary N) is 1. The number of amides is 1. The topological polar surface area (TPSA) is 108 Å². The molecule has 1 aliphatic heterocycles. The highest BCUT2D eigenvalue weighted by Crippen LogP contribution is 2.28. The second-order valence-corrected chi connectivity index (χ2v) is 10.2. The van der Waals surface area contributed by atoms with Crippen molar-refractivity contribution in [2.75, 3.05) is 51.2 Å². The molecule has 40 heavy (non-hydrogen) atoms. The summed E-state index contributed by atoms with van der Waals surface area (Å²) in [6.45, 7) is 3.54. The number of ether oxygens (including phenoxy) is 3. The number of aryl methyl sites for hydroxylation is 1. The molecule has 2 aromatic carbocycles. The molecule has 1 saturated heterocycles. The van der Waals surface area contributed by atoms with Gasteiger partial charge in [-0.15, -0.1) is 0 Å². The van der Waals surface area contributed by atoms with Gasteiger partial charge in [-0.2, -0.15) is 0 Å². The van der Waals surface area contributed by atoms with Crippen LogP contribution >= 0.6 is 11.8 Å². The Bertz CT molecular complexity index is 1520. The second-order valence-electron chi connectivity index (χ2n) is 9.24. The van der Waals surface area contributed by atoms with Crippen molar-refractivity contribution in [2.24, 2.45) is 0 Å².